The van der Waals surface area contributed by atoms with Gasteiger partial charge < -0.3 is 15.2 Å². The van der Waals surface area contributed by atoms with Crippen LogP contribution in [-0.2, 0) is 28.8 Å². The number of nitrogens with one attached hydrogen (secondary N) is 1. The number of aromatic nitrogens is 1. The summed E-state index contributed by atoms with van der Waals surface area (Å²) in [6.45, 7) is 5.08. The quantitative estimate of drug-likeness (QED) is 0.214. The summed E-state index contributed by atoms with van der Waals surface area (Å²) in [5.74, 6) is -4.04. The second kappa shape index (κ2) is 14.1. The second-order valence-electron chi connectivity index (χ2n) is 13.3. The number of carbonyl (C=O) groups is 2. The molecule has 2 N–H and O–H groups in total. The molecule has 274 valence electrons. The number of aryl methyl sites for hydroxylation is 2. The number of alkyl halides is 4. The van der Waals surface area contributed by atoms with Crippen LogP contribution < -0.4 is 15.6 Å². The van der Waals surface area contributed by atoms with E-state index in [0.29, 0.717) is 33.1 Å². The number of ether oxygens (including phenoxy) is 1. The molecule has 1 saturated heterocycles. The topological polar surface area (TPSA) is 101 Å². The molecule has 14 heteroatoms. The number of aliphatic carboxylic acids is 1. The fourth-order valence-corrected chi connectivity index (χ4v) is 6.82. The molecular formula is C38H35F6N3O5. The number of hydrogen-bond donors (Lipinski definition) is 2. The highest BCUT2D eigenvalue weighted by Gasteiger charge is 2.37. The molecule has 3 heterocycles. The largest absolute Gasteiger partial charge is 0.488 e. The Bertz CT molecular complexity index is 2130. The zero-order valence-corrected chi connectivity index (χ0v) is 28.4. The molecule has 0 spiro atoms. The van der Waals surface area contributed by atoms with Gasteiger partial charge >= 0.3 is 12.1 Å². The lowest BCUT2D eigenvalue weighted by Crippen LogP contribution is -2.49. The van der Waals surface area contributed by atoms with E-state index in [2.05, 4.69) is 5.32 Å². The number of benzene rings is 3. The molecule has 2 atom stereocenters. The van der Waals surface area contributed by atoms with Crippen LogP contribution in [-0.4, -0.2) is 52.3 Å². The predicted molar refractivity (Wildman–Crippen MR) is 179 cm³/mol. The molecule has 1 aromatic heterocycles. The maximum atomic E-state index is 16.0. The van der Waals surface area contributed by atoms with E-state index in [0.717, 1.165) is 23.4 Å². The summed E-state index contributed by atoms with van der Waals surface area (Å²) in [7, 11) is 0. The molecule has 4 bridgehead atoms. The van der Waals surface area contributed by atoms with Crippen LogP contribution >= 0.6 is 0 Å². The average molecular weight is 728 g/mol. The third-order valence-corrected chi connectivity index (χ3v) is 9.69. The molecule has 52 heavy (non-hydrogen) atoms. The SMILES string of the molecule is Cc1ccc2c(c1C)-c1cc(C)c(F)c(c1)[C@H](CC(=O)O)NC(=O)[C@@H](n1cc(CCN3CC(F)C3)c(C(F)(F)F)cc1=O)c1cc(ccc1F)CO2. The van der Waals surface area contributed by atoms with Crippen LogP contribution in [0.15, 0.2) is 59.5 Å². The zero-order chi connectivity index (χ0) is 37.6. The zero-order valence-electron chi connectivity index (χ0n) is 28.4. The first-order valence-corrected chi connectivity index (χ1v) is 16.5. The molecule has 2 aliphatic heterocycles. The lowest BCUT2D eigenvalue weighted by molar-refractivity contribution is -0.139. The summed E-state index contributed by atoms with van der Waals surface area (Å²) < 4.78 is 94.8. The number of hydrogen-bond acceptors (Lipinski definition) is 5. The molecule has 2 aliphatic rings. The molecule has 6 rings (SSSR count). The van der Waals surface area contributed by atoms with E-state index in [-0.39, 0.29) is 43.8 Å². The van der Waals surface area contributed by atoms with E-state index in [1.54, 1.807) is 17.0 Å². The first-order chi connectivity index (χ1) is 24.5. The first-order valence-electron chi connectivity index (χ1n) is 16.5. The number of pyridine rings is 1. The lowest BCUT2D eigenvalue weighted by Gasteiger charge is -2.34. The summed E-state index contributed by atoms with van der Waals surface area (Å²) in [6.07, 6.45) is -6.39. The van der Waals surface area contributed by atoms with E-state index in [1.165, 1.54) is 25.1 Å². The Morgan fingerprint density at radius 3 is 2.38 bits per heavy atom. The number of rotatable bonds is 6. The standard InChI is InChI=1S/C38H35F6N3O5/c1-19-4-7-31-34(21(19)3)24-10-20(2)35(41)27(12-24)30(14-33(49)50)45-37(51)36(26-11-22(18-52-31)5-6-29(26)40)47-15-23(8-9-46-16-25(39)17-46)28(13-32(47)48)38(42,43)44/h4-7,10-13,15,25,30,36H,8-9,14,16-18H2,1-3H3,(H,45,51)(H,49,50)/t30-,36-/m0/s1. The molecule has 8 nitrogen and oxygen atoms in total. The Morgan fingerprint density at radius 2 is 1.71 bits per heavy atom. The van der Waals surface area contributed by atoms with Crippen molar-refractivity contribution in [3.63, 3.8) is 0 Å². The van der Waals surface area contributed by atoms with Gasteiger partial charge in [0.1, 0.15) is 36.2 Å². The molecule has 0 saturated carbocycles. The summed E-state index contributed by atoms with van der Waals surface area (Å²) in [5, 5.41) is 12.4. The van der Waals surface area contributed by atoms with Crippen LogP contribution in [0.5, 0.6) is 5.75 Å². The Morgan fingerprint density at radius 1 is 0.981 bits per heavy atom. The molecule has 0 unspecified atom stereocenters. The van der Waals surface area contributed by atoms with Gasteiger partial charge in [-0.1, -0.05) is 12.1 Å². The normalized spacial score (nSPS) is 18.1. The Hall–Kier alpha value is -5.11. The van der Waals surface area contributed by atoms with Gasteiger partial charge in [-0.2, -0.15) is 13.2 Å². The van der Waals surface area contributed by atoms with Gasteiger partial charge in [-0.25, -0.2) is 13.2 Å². The minimum absolute atomic E-state index is 0.00980. The fraction of sp³-hybridized carbons (Fsp3) is 0.342. The van der Waals surface area contributed by atoms with Gasteiger partial charge in [-0.3, -0.25) is 23.9 Å². The average Bonchev–Trinajstić information content (AvgIpc) is 3.05. The minimum Gasteiger partial charge on any atom is -0.488 e. The van der Waals surface area contributed by atoms with Gasteiger partial charge in [0.05, 0.1) is 18.0 Å². The monoisotopic (exact) mass is 727 g/mol. The van der Waals surface area contributed by atoms with Crippen molar-refractivity contribution >= 4 is 11.9 Å². The molecular weight excluding hydrogens is 692 g/mol. The third-order valence-electron chi connectivity index (χ3n) is 9.69. The van der Waals surface area contributed by atoms with Gasteiger partial charge in [-0.15, -0.1) is 0 Å². The van der Waals surface area contributed by atoms with Crippen molar-refractivity contribution in [1.82, 2.24) is 14.8 Å². The van der Waals surface area contributed by atoms with Crippen molar-refractivity contribution in [3.05, 3.63) is 121 Å². The fourth-order valence-electron chi connectivity index (χ4n) is 6.82. The van der Waals surface area contributed by atoms with E-state index in [1.807, 2.05) is 19.9 Å². The number of carboxylic acid groups (broad SMARTS) is 1. The highest BCUT2D eigenvalue weighted by molar-refractivity contribution is 5.85. The van der Waals surface area contributed by atoms with Crippen molar-refractivity contribution in [3.8, 4) is 16.9 Å². The van der Waals surface area contributed by atoms with Crippen molar-refractivity contribution in [2.45, 2.75) is 64.7 Å². The number of fused-ring (bicyclic) bond motifs is 6. The van der Waals surface area contributed by atoms with Gasteiger partial charge in [0.15, 0.2) is 0 Å². The van der Waals surface area contributed by atoms with E-state index < -0.39 is 76.6 Å². The number of likely N-dealkylation sites (tertiary alicyclic amines) is 1. The van der Waals surface area contributed by atoms with Crippen molar-refractivity contribution in [1.29, 1.82) is 0 Å². The highest BCUT2D eigenvalue weighted by atomic mass is 19.4. The molecule has 4 aromatic rings. The van der Waals surface area contributed by atoms with E-state index in [4.69, 9.17) is 4.74 Å². The number of halogens is 6. The van der Waals surface area contributed by atoms with Crippen molar-refractivity contribution in [2.75, 3.05) is 19.6 Å². The van der Waals surface area contributed by atoms with Gasteiger partial charge in [0, 0.05) is 48.6 Å². The molecule has 0 aliphatic carbocycles. The maximum absolute atomic E-state index is 16.0. The summed E-state index contributed by atoms with van der Waals surface area (Å²) >= 11 is 0. The van der Waals surface area contributed by atoms with Crippen LogP contribution in [0.25, 0.3) is 11.1 Å². The van der Waals surface area contributed by atoms with E-state index in [9.17, 15) is 37.1 Å². The number of carbonyl (C=O) groups excluding carboxylic acids is 1. The van der Waals surface area contributed by atoms with Crippen LogP contribution in [0, 0.1) is 32.4 Å². The summed E-state index contributed by atoms with van der Waals surface area (Å²) in [5.41, 5.74) is -0.430. The smallest absolute Gasteiger partial charge is 0.416 e. The summed E-state index contributed by atoms with van der Waals surface area (Å²) in [6, 6.07) is 6.91. The second-order valence-corrected chi connectivity index (χ2v) is 13.3. The number of carboxylic acids is 1. The predicted octanol–water partition coefficient (Wildman–Crippen LogP) is 6.75. The van der Waals surface area contributed by atoms with Gasteiger partial charge in [-0.05, 0) is 90.9 Å². The van der Waals surface area contributed by atoms with Crippen LogP contribution in [0.1, 0.15) is 63.0 Å². The Labute approximate surface area is 294 Å². The molecule has 1 amide bonds. The molecule has 1 fully saturated rings. The third kappa shape index (κ3) is 7.29. The van der Waals surface area contributed by atoms with E-state index >= 15 is 8.78 Å². The maximum Gasteiger partial charge on any atom is 0.416 e. The minimum atomic E-state index is -4.97. The first kappa shape index (κ1) is 36.7. The van der Waals surface area contributed by atoms with Crippen LogP contribution in [0.4, 0.5) is 26.3 Å². The summed E-state index contributed by atoms with van der Waals surface area (Å²) in [4.78, 5) is 41.6. The van der Waals surface area contributed by atoms with Crippen molar-refractivity contribution < 1.29 is 45.8 Å². The van der Waals surface area contributed by atoms with Crippen molar-refractivity contribution in [2.24, 2.45) is 0 Å². The Balaban J connectivity index is 1.56. The van der Waals surface area contributed by atoms with Crippen LogP contribution in [0.2, 0.25) is 0 Å². The molecule has 3 aromatic carbocycles. The molecule has 0 radical (unpaired) electrons. The Kier molecular flexibility index (Phi) is 9.97. The van der Waals surface area contributed by atoms with Crippen LogP contribution in [0.3, 0.4) is 0 Å². The highest BCUT2D eigenvalue weighted by Crippen LogP contribution is 2.39. The van der Waals surface area contributed by atoms with Gasteiger partial charge in [0.2, 0.25) is 5.91 Å². The number of amides is 1. The lowest BCUT2D eigenvalue weighted by atomic mass is 9.90. The van der Waals surface area contributed by atoms with Gasteiger partial charge in [0.25, 0.3) is 5.56 Å². The number of nitrogens with zero attached hydrogens (tertiary/aromatic N) is 2.